The van der Waals surface area contributed by atoms with Crippen LogP contribution in [0.15, 0.2) is 0 Å². The first-order valence-corrected chi connectivity index (χ1v) is 4.51. The van der Waals surface area contributed by atoms with Crippen LogP contribution in [0.1, 0.15) is 6.42 Å². The summed E-state index contributed by atoms with van der Waals surface area (Å²) in [7, 11) is 0. The van der Waals surface area contributed by atoms with Crippen LogP contribution in [0.4, 0.5) is 0 Å². The summed E-state index contributed by atoms with van der Waals surface area (Å²) in [5.74, 6) is 0. The Morgan fingerprint density at radius 3 is 2.20 bits per heavy atom. The van der Waals surface area contributed by atoms with Crippen molar-refractivity contribution in [2.24, 2.45) is 0 Å². The molecule has 0 heterocycles. The maximum absolute atomic E-state index is 3.32. The molecule has 2 heteroatoms. The van der Waals surface area contributed by atoms with Crippen LogP contribution in [0.25, 0.3) is 0 Å². The van der Waals surface area contributed by atoms with Crippen LogP contribution in [0, 0.1) is 0 Å². The zero-order valence-electron chi connectivity index (χ0n) is 3.08. The number of alkyl halides is 1. The zero-order valence-corrected chi connectivity index (χ0v) is 7.09. The zero-order chi connectivity index (χ0) is 4.12. The Bertz CT molecular complexity index is 14.4. The van der Waals surface area contributed by atoms with E-state index in [9.17, 15) is 0 Å². The van der Waals surface area contributed by atoms with E-state index in [2.05, 4.69) is 15.9 Å². The van der Waals surface area contributed by atoms with Crippen molar-refractivity contribution in [3.05, 3.63) is 0 Å². The molecule has 0 spiro atoms. The minimum atomic E-state index is 1.17. The van der Waals surface area contributed by atoms with E-state index in [0.29, 0.717) is 0 Å². The summed E-state index contributed by atoms with van der Waals surface area (Å²) in [5, 5.41) is 2.53. The van der Waals surface area contributed by atoms with Gasteiger partial charge in [0.2, 0.25) is 0 Å². The summed E-state index contributed by atoms with van der Waals surface area (Å²) in [6, 6.07) is 0. The fourth-order valence-electron chi connectivity index (χ4n) is 0.0772. The van der Waals surface area contributed by atoms with E-state index in [1.165, 1.54) is 17.0 Å². The minimum absolute atomic E-state index is 1.17. The van der Waals surface area contributed by atoms with E-state index < -0.39 is 0 Å². The van der Waals surface area contributed by atoms with Gasteiger partial charge in [0.1, 0.15) is 0 Å². The van der Waals surface area contributed by atoms with E-state index in [-0.39, 0.29) is 0 Å². The fraction of sp³-hybridized carbons (Fsp3) is 1.00. The van der Waals surface area contributed by atoms with Crippen molar-refractivity contribution in [3.8, 4) is 0 Å². The average Bonchev–Trinajstić information content (AvgIpc) is 1.41. The molecule has 1 unspecified atom stereocenters. The number of hydrogen-bond acceptors (Lipinski definition) is 0. The molecule has 0 saturated carbocycles. The second-order valence-electron chi connectivity index (χ2n) is 0.831. The molecule has 0 saturated heterocycles. The van der Waals surface area contributed by atoms with Gasteiger partial charge in [0.15, 0.2) is 0 Å². The Kier molecular flexibility index (Phi) is 6.08. The maximum atomic E-state index is 3.32. The first kappa shape index (κ1) is 6.04. The van der Waals surface area contributed by atoms with Crippen molar-refractivity contribution in [2.75, 3.05) is 5.33 Å². The summed E-state index contributed by atoms with van der Waals surface area (Å²) < 4.78 is 0. The van der Waals surface area contributed by atoms with Crippen molar-refractivity contribution in [1.82, 2.24) is 0 Å². The van der Waals surface area contributed by atoms with Gasteiger partial charge in [0.25, 0.3) is 0 Å². The molecule has 0 aliphatic carbocycles. The molecule has 0 aromatic heterocycles. The first-order valence-electron chi connectivity index (χ1n) is 1.68. The summed E-state index contributed by atoms with van der Waals surface area (Å²) in [5.41, 5.74) is 0. The number of halogens is 1. The van der Waals surface area contributed by atoms with Gasteiger partial charge in [0.05, 0.1) is 0 Å². The van der Waals surface area contributed by atoms with Gasteiger partial charge < -0.3 is 0 Å². The Morgan fingerprint density at radius 2 is 2.20 bits per heavy atom. The van der Waals surface area contributed by atoms with Crippen LogP contribution in [-0.2, 0) is 0 Å². The SMILES string of the molecule is [AsH2]CCCBr. The van der Waals surface area contributed by atoms with Crippen molar-refractivity contribution in [2.45, 2.75) is 11.6 Å². The normalized spacial score (nSPS) is 8.40. The van der Waals surface area contributed by atoms with E-state index in [1.807, 2.05) is 16.9 Å². The third-order valence-electron chi connectivity index (χ3n) is 0.338. The second kappa shape index (κ2) is 5.04. The molecule has 0 aromatic carbocycles. The van der Waals surface area contributed by atoms with Crippen molar-refractivity contribution in [1.29, 1.82) is 0 Å². The predicted octanol–water partition coefficient (Wildman–Crippen LogP) is 0.823. The van der Waals surface area contributed by atoms with Gasteiger partial charge in [0, 0.05) is 0 Å². The van der Waals surface area contributed by atoms with E-state index in [1.54, 1.807) is 0 Å². The summed E-state index contributed by atoms with van der Waals surface area (Å²) in [6.45, 7) is 0. The molecule has 32 valence electrons. The van der Waals surface area contributed by atoms with Gasteiger partial charge in [-0.05, 0) is 0 Å². The van der Waals surface area contributed by atoms with Gasteiger partial charge in [-0.1, -0.05) is 0 Å². The Morgan fingerprint density at radius 1 is 1.60 bits per heavy atom. The molecule has 1 atom stereocenters. The summed E-state index contributed by atoms with van der Waals surface area (Å²) in [4.78, 5) is 0. The van der Waals surface area contributed by atoms with Gasteiger partial charge in [-0.15, -0.1) is 0 Å². The van der Waals surface area contributed by atoms with Crippen LogP contribution in [0.2, 0.25) is 5.21 Å². The molecule has 0 bridgehead atoms. The second-order valence-corrected chi connectivity index (χ2v) is 2.84. The molecule has 0 amide bonds. The predicted molar refractivity (Wildman–Crippen MR) is 31.8 cm³/mol. The Balaban J connectivity index is 2.19. The van der Waals surface area contributed by atoms with Crippen LogP contribution < -0.4 is 0 Å². The molecule has 5 heavy (non-hydrogen) atoms. The molecule has 0 fully saturated rings. The van der Waals surface area contributed by atoms with Crippen LogP contribution in [-0.4, -0.2) is 22.2 Å². The quantitative estimate of drug-likeness (QED) is 0.456. The molecule has 0 N–H and O–H groups in total. The molecular formula is C3H8AsBr. The van der Waals surface area contributed by atoms with Gasteiger partial charge in [-0.3, -0.25) is 0 Å². The van der Waals surface area contributed by atoms with Crippen molar-refractivity contribution < 1.29 is 0 Å². The number of hydrogen-bond donors (Lipinski definition) is 0. The standard InChI is InChI=1S/C3H8AsBr/c4-2-1-3-5/h1-4H2. The first-order chi connectivity index (χ1) is 2.41. The number of rotatable bonds is 2. The van der Waals surface area contributed by atoms with Crippen LogP contribution >= 0.6 is 15.9 Å². The fourth-order valence-corrected chi connectivity index (χ4v) is 2.08. The van der Waals surface area contributed by atoms with Gasteiger partial charge in [-0.2, -0.15) is 0 Å². The third kappa shape index (κ3) is 5.04. The summed E-state index contributed by atoms with van der Waals surface area (Å²) >= 11 is 5.14. The Hall–Kier alpha value is 1.04. The molecule has 0 aromatic rings. The topological polar surface area (TPSA) is 0 Å². The monoisotopic (exact) mass is 198 g/mol. The molecule has 0 radical (unpaired) electrons. The van der Waals surface area contributed by atoms with E-state index >= 15 is 0 Å². The molecule has 0 aliphatic rings. The average molecular weight is 199 g/mol. The van der Waals surface area contributed by atoms with Crippen molar-refractivity contribution in [3.63, 3.8) is 0 Å². The molecule has 0 aliphatic heterocycles. The molecule has 0 nitrogen and oxygen atoms in total. The van der Waals surface area contributed by atoms with Gasteiger partial charge in [-0.25, -0.2) is 0 Å². The Labute approximate surface area is 50.0 Å². The van der Waals surface area contributed by atoms with E-state index in [0.717, 1.165) is 0 Å². The van der Waals surface area contributed by atoms with Crippen molar-refractivity contribution >= 4 is 32.8 Å². The van der Waals surface area contributed by atoms with Crippen LogP contribution in [0.5, 0.6) is 0 Å². The van der Waals surface area contributed by atoms with E-state index in [4.69, 9.17) is 0 Å². The molecule has 0 rings (SSSR count). The van der Waals surface area contributed by atoms with Crippen LogP contribution in [0.3, 0.4) is 0 Å². The van der Waals surface area contributed by atoms with Gasteiger partial charge >= 0.3 is 49.7 Å². The summed E-state index contributed by atoms with van der Waals surface area (Å²) in [6.07, 6.45) is 1.33. The third-order valence-corrected chi connectivity index (χ3v) is 1.76. The molecular weight excluding hydrogens is 191 g/mol.